The van der Waals surface area contributed by atoms with Gasteiger partial charge in [0.15, 0.2) is 0 Å². The molecule has 0 aliphatic carbocycles. The van der Waals surface area contributed by atoms with Gasteiger partial charge in [-0.05, 0) is 32.2 Å². The van der Waals surface area contributed by atoms with Gasteiger partial charge in [-0.2, -0.15) is 0 Å². The predicted molar refractivity (Wildman–Crippen MR) is 71.3 cm³/mol. The van der Waals surface area contributed by atoms with E-state index in [0.29, 0.717) is 0 Å². The fraction of sp³-hybridized carbons (Fsp3) is 0.643. The zero-order chi connectivity index (χ0) is 12.7. The molecule has 3 nitrogen and oxygen atoms in total. The van der Waals surface area contributed by atoms with E-state index in [9.17, 15) is 0 Å². The van der Waals surface area contributed by atoms with Crippen LogP contribution in [0.1, 0.15) is 38.1 Å². The summed E-state index contributed by atoms with van der Waals surface area (Å²) >= 11 is 0. The number of nitrogens with zero attached hydrogens (tertiary/aromatic N) is 1. The van der Waals surface area contributed by atoms with E-state index in [1.807, 2.05) is 19.1 Å². The van der Waals surface area contributed by atoms with Crippen LogP contribution < -0.4 is 10.1 Å². The van der Waals surface area contributed by atoms with Crippen molar-refractivity contribution in [2.45, 2.75) is 40.2 Å². The lowest BCUT2D eigenvalue weighted by Crippen LogP contribution is -2.16. The number of rotatable bonds is 7. The minimum absolute atomic E-state index is 0.786. The normalized spacial score (nSPS) is 10.9. The lowest BCUT2D eigenvalue weighted by atomic mass is 10.1. The third kappa shape index (κ3) is 5.68. The average molecular weight is 236 g/mol. The first-order valence-corrected chi connectivity index (χ1v) is 6.34. The lowest BCUT2D eigenvalue weighted by Gasteiger charge is -2.08. The smallest absolute Gasteiger partial charge is 0.122 e. The van der Waals surface area contributed by atoms with Crippen molar-refractivity contribution in [1.29, 1.82) is 0 Å². The van der Waals surface area contributed by atoms with Gasteiger partial charge in [0.1, 0.15) is 5.75 Å². The highest BCUT2D eigenvalue weighted by Gasteiger charge is 2.00. The van der Waals surface area contributed by atoms with Gasteiger partial charge in [0.05, 0.1) is 12.8 Å². The third-order valence-electron chi connectivity index (χ3n) is 2.66. The van der Waals surface area contributed by atoms with Crippen molar-refractivity contribution in [2.24, 2.45) is 5.92 Å². The van der Waals surface area contributed by atoms with Crippen LogP contribution in [0.2, 0.25) is 0 Å². The molecule has 96 valence electrons. The van der Waals surface area contributed by atoms with E-state index in [2.05, 4.69) is 24.1 Å². The van der Waals surface area contributed by atoms with E-state index >= 15 is 0 Å². The molecule has 0 aliphatic rings. The molecule has 0 atom stereocenters. The Balaban J connectivity index is 2.33. The summed E-state index contributed by atoms with van der Waals surface area (Å²) in [6.07, 6.45) is 2.50. The fourth-order valence-electron chi connectivity index (χ4n) is 1.76. The number of pyridine rings is 1. The average Bonchev–Trinajstić information content (AvgIpc) is 2.27. The first kappa shape index (κ1) is 14.0. The molecular formula is C14H24N2O. The van der Waals surface area contributed by atoms with Crippen molar-refractivity contribution in [2.75, 3.05) is 13.7 Å². The first-order chi connectivity index (χ1) is 8.11. The molecule has 0 aromatic carbocycles. The molecule has 0 radical (unpaired) electrons. The number of methoxy groups -OCH3 is 1. The SMILES string of the molecule is COc1cc(C)nc(CNCCCC(C)C)c1. The van der Waals surface area contributed by atoms with Gasteiger partial charge in [-0.3, -0.25) is 4.98 Å². The Bertz CT molecular complexity index is 337. The van der Waals surface area contributed by atoms with Crippen molar-refractivity contribution in [3.8, 4) is 5.75 Å². The van der Waals surface area contributed by atoms with Crippen molar-refractivity contribution in [3.63, 3.8) is 0 Å². The fourth-order valence-corrected chi connectivity index (χ4v) is 1.76. The van der Waals surface area contributed by atoms with E-state index in [4.69, 9.17) is 4.74 Å². The summed E-state index contributed by atoms with van der Waals surface area (Å²) in [5.41, 5.74) is 2.05. The maximum absolute atomic E-state index is 5.23. The topological polar surface area (TPSA) is 34.1 Å². The van der Waals surface area contributed by atoms with Gasteiger partial charge >= 0.3 is 0 Å². The number of aromatic nitrogens is 1. The second-order valence-corrected chi connectivity index (χ2v) is 4.85. The van der Waals surface area contributed by atoms with Gasteiger partial charge < -0.3 is 10.1 Å². The maximum Gasteiger partial charge on any atom is 0.122 e. The van der Waals surface area contributed by atoms with E-state index in [1.165, 1.54) is 12.8 Å². The molecule has 1 N–H and O–H groups in total. The van der Waals surface area contributed by atoms with Gasteiger partial charge in [0.2, 0.25) is 0 Å². The van der Waals surface area contributed by atoms with Crippen LogP contribution in [0.5, 0.6) is 5.75 Å². The molecule has 0 bridgehead atoms. The van der Waals surface area contributed by atoms with Gasteiger partial charge in [-0.25, -0.2) is 0 Å². The Morgan fingerprint density at radius 3 is 2.76 bits per heavy atom. The van der Waals surface area contributed by atoms with Crippen LogP contribution in [-0.4, -0.2) is 18.6 Å². The third-order valence-corrected chi connectivity index (χ3v) is 2.66. The van der Waals surface area contributed by atoms with E-state index < -0.39 is 0 Å². The Morgan fingerprint density at radius 1 is 1.35 bits per heavy atom. The molecule has 1 aromatic rings. The summed E-state index contributed by atoms with van der Waals surface area (Å²) in [6.45, 7) is 8.37. The molecule has 1 rings (SSSR count). The number of nitrogens with one attached hydrogen (secondary N) is 1. The minimum atomic E-state index is 0.786. The molecule has 0 saturated heterocycles. The van der Waals surface area contributed by atoms with Crippen LogP contribution in [0.25, 0.3) is 0 Å². The zero-order valence-corrected chi connectivity index (χ0v) is 11.4. The molecule has 0 saturated carbocycles. The van der Waals surface area contributed by atoms with Crippen LogP contribution in [0.15, 0.2) is 12.1 Å². The standard InChI is InChI=1S/C14H24N2O/c1-11(2)6-5-7-15-10-13-9-14(17-4)8-12(3)16-13/h8-9,11,15H,5-7,10H2,1-4H3. The molecular weight excluding hydrogens is 212 g/mol. The number of aryl methyl sites for hydroxylation is 1. The Morgan fingerprint density at radius 2 is 2.12 bits per heavy atom. The molecule has 0 fully saturated rings. The molecule has 1 heterocycles. The second kappa shape index (κ2) is 7.28. The Labute approximate surface area is 105 Å². The lowest BCUT2D eigenvalue weighted by molar-refractivity contribution is 0.412. The predicted octanol–water partition coefficient (Wildman–Crippen LogP) is 2.92. The summed E-state index contributed by atoms with van der Waals surface area (Å²) in [4.78, 5) is 4.47. The number of ether oxygens (including phenoxy) is 1. The number of hydrogen-bond donors (Lipinski definition) is 1. The highest BCUT2D eigenvalue weighted by Crippen LogP contribution is 2.13. The van der Waals surface area contributed by atoms with Crippen molar-refractivity contribution in [3.05, 3.63) is 23.5 Å². The van der Waals surface area contributed by atoms with Gasteiger partial charge in [0, 0.05) is 24.4 Å². The molecule has 17 heavy (non-hydrogen) atoms. The highest BCUT2D eigenvalue weighted by atomic mass is 16.5. The quantitative estimate of drug-likeness (QED) is 0.739. The van der Waals surface area contributed by atoms with Crippen LogP contribution >= 0.6 is 0 Å². The maximum atomic E-state index is 5.23. The van der Waals surface area contributed by atoms with Crippen molar-refractivity contribution in [1.82, 2.24) is 10.3 Å². The molecule has 0 spiro atoms. The van der Waals surface area contributed by atoms with Crippen LogP contribution in [0, 0.1) is 12.8 Å². The monoisotopic (exact) mass is 236 g/mol. The summed E-state index contributed by atoms with van der Waals surface area (Å²) in [7, 11) is 1.69. The van der Waals surface area contributed by atoms with E-state index in [0.717, 1.165) is 36.1 Å². The Kier molecular flexibility index (Phi) is 5.98. The van der Waals surface area contributed by atoms with E-state index in [-0.39, 0.29) is 0 Å². The molecule has 0 amide bonds. The van der Waals surface area contributed by atoms with Gasteiger partial charge in [-0.1, -0.05) is 13.8 Å². The van der Waals surface area contributed by atoms with Crippen molar-refractivity contribution < 1.29 is 4.74 Å². The first-order valence-electron chi connectivity index (χ1n) is 6.34. The largest absolute Gasteiger partial charge is 0.497 e. The van der Waals surface area contributed by atoms with Crippen LogP contribution in [-0.2, 0) is 6.54 Å². The minimum Gasteiger partial charge on any atom is -0.497 e. The molecule has 1 aromatic heterocycles. The molecule has 3 heteroatoms. The molecule has 0 aliphatic heterocycles. The van der Waals surface area contributed by atoms with Gasteiger partial charge in [-0.15, -0.1) is 0 Å². The summed E-state index contributed by atoms with van der Waals surface area (Å²) in [6, 6.07) is 3.94. The van der Waals surface area contributed by atoms with Crippen LogP contribution in [0.3, 0.4) is 0 Å². The number of hydrogen-bond acceptors (Lipinski definition) is 3. The molecule has 0 unspecified atom stereocenters. The highest BCUT2D eigenvalue weighted by molar-refractivity contribution is 5.26. The van der Waals surface area contributed by atoms with Crippen LogP contribution in [0.4, 0.5) is 0 Å². The Hall–Kier alpha value is -1.09. The summed E-state index contributed by atoms with van der Waals surface area (Å²) in [5, 5.41) is 3.42. The second-order valence-electron chi connectivity index (χ2n) is 4.85. The van der Waals surface area contributed by atoms with E-state index in [1.54, 1.807) is 7.11 Å². The zero-order valence-electron chi connectivity index (χ0n) is 11.4. The summed E-state index contributed by atoms with van der Waals surface area (Å²) in [5.74, 6) is 1.67. The van der Waals surface area contributed by atoms with Gasteiger partial charge in [0.25, 0.3) is 0 Å². The van der Waals surface area contributed by atoms with Crippen molar-refractivity contribution >= 4 is 0 Å². The summed E-state index contributed by atoms with van der Waals surface area (Å²) < 4.78 is 5.23.